The molecule has 0 bridgehead atoms. The number of aromatic nitrogens is 1. The minimum absolute atomic E-state index is 0.208. The van der Waals surface area contributed by atoms with E-state index in [-0.39, 0.29) is 11.7 Å². The first-order valence-corrected chi connectivity index (χ1v) is 5.69. The summed E-state index contributed by atoms with van der Waals surface area (Å²) in [6, 6.07) is 3.29. The van der Waals surface area contributed by atoms with Crippen LogP contribution in [0.1, 0.15) is 23.2 Å². The Bertz CT molecular complexity index is 385. The van der Waals surface area contributed by atoms with Crippen LogP contribution < -0.4 is 4.90 Å². The summed E-state index contributed by atoms with van der Waals surface area (Å²) in [5.41, 5.74) is 0.208. The van der Waals surface area contributed by atoms with Crippen LogP contribution in [0, 0.1) is 0 Å². The van der Waals surface area contributed by atoms with E-state index < -0.39 is 5.97 Å². The fourth-order valence-electron chi connectivity index (χ4n) is 1.93. The molecule has 0 aromatic carbocycles. The Morgan fingerprint density at radius 2 is 2.47 bits per heavy atom. The number of ether oxygens (including phenoxy) is 1. The van der Waals surface area contributed by atoms with Crippen LogP contribution in [0.15, 0.2) is 18.3 Å². The largest absolute Gasteiger partial charge is 0.478 e. The number of nitrogens with zero attached hydrogens (tertiary/aromatic N) is 2. The second-order valence-electron chi connectivity index (χ2n) is 4.23. The van der Waals surface area contributed by atoms with Crippen molar-refractivity contribution in [1.82, 2.24) is 4.98 Å². The van der Waals surface area contributed by atoms with Gasteiger partial charge in [0.15, 0.2) is 0 Å². The molecule has 1 aromatic rings. The summed E-state index contributed by atoms with van der Waals surface area (Å²) in [5.74, 6) is -0.184. The highest BCUT2D eigenvalue weighted by Gasteiger charge is 2.18. The number of carbonyl (C=O) groups is 1. The normalized spacial score (nSPS) is 19.2. The molecule has 5 nitrogen and oxygen atoms in total. The first-order valence-electron chi connectivity index (χ1n) is 5.69. The molecular weight excluding hydrogens is 220 g/mol. The van der Waals surface area contributed by atoms with E-state index >= 15 is 0 Å². The highest BCUT2D eigenvalue weighted by atomic mass is 16.5. The zero-order chi connectivity index (χ0) is 12.3. The molecule has 1 unspecified atom stereocenters. The van der Waals surface area contributed by atoms with Crippen molar-refractivity contribution in [3.8, 4) is 0 Å². The fraction of sp³-hybridized carbons (Fsp3) is 0.500. The summed E-state index contributed by atoms with van der Waals surface area (Å²) >= 11 is 0. The van der Waals surface area contributed by atoms with E-state index in [1.807, 2.05) is 11.9 Å². The average Bonchev–Trinajstić information content (AvgIpc) is 2.82. The van der Waals surface area contributed by atoms with Crippen molar-refractivity contribution >= 4 is 11.8 Å². The smallest absolute Gasteiger partial charge is 0.337 e. The Kier molecular flexibility index (Phi) is 3.58. The molecule has 0 aliphatic carbocycles. The predicted molar refractivity (Wildman–Crippen MR) is 63.4 cm³/mol. The van der Waals surface area contributed by atoms with Crippen molar-refractivity contribution in [3.63, 3.8) is 0 Å². The van der Waals surface area contributed by atoms with Gasteiger partial charge in [0.2, 0.25) is 0 Å². The molecule has 1 aliphatic heterocycles. The maximum Gasteiger partial charge on any atom is 0.337 e. The van der Waals surface area contributed by atoms with E-state index in [9.17, 15) is 4.79 Å². The van der Waals surface area contributed by atoms with Crippen LogP contribution in [0.4, 0.5) is 5.82 Å². The Labute approximate surface area is 100 Å². The van der Waals surface area contributed by atoms with Crippen LogP contribution in [0.2, 0.25) is 0 Å². The molecule has 1 atom stereocenters. The molecular formula is C12H16N2O3. The average molecular weight is 236 g/mol. The van der Waals surface area contributed by atoms with Crippen LogP contribution in [0.5, 0.6) is 0 Å². The fourth-order valence-corrected chi connectivity index (χ4v) is 1.93. The third kappa shape index (κ3) is 2.94. The molecule has 2 rings (SSSR count). The van der Waals surface area contributed by atoms with Gasteiger partial charge in [0, 0.05) is 26.4 Å². The zero-order valence-corrected chi connectivity index (χ0v) is 9.80. The Hall–Kier alpha value is -1.62. The number of carboxylic acid groups (broad SMARTS) is 1. The van der Waals surface area contributed by atoms with Gasteiger partial charge >= 0.3 is 5.97 Å². The summed E-state index contributed by atoms with van der Waals surface area (Å²) in [6.45, 7) is 1.63. The van der Waals surface area contributed by atoms with Gasteiger partial charge in [-0.1, -0.05) is 0 Å². The van der Waals surface area contributed by atoms with Crippen molar-refractivity contribution in [2.75, 3.05) is 25.1 Å². The van der Waals surface area contributed by atoms with Gasteiger partial charge < -0.3 is 14.7 Å². The summed E-state index contributed by atoms with van der Waals surface area (Å²) in [6.07, 6.45) is 3.84. The summed E-state index contributed by atoms with van der Waals surface area (Å²) < 4.78 is 5.54. The molecule has 0 radical (unpaired) electrons. The quantitative estimate of drug-likeness (QED) is 0.856. The third-order valence-corrected chi connectivity index (χ3v) is 2.89. The molecule has 1 aromatic heterocycles. The molecule has 0 saturated carbocycles. The van der Waals surface area contributed by atoms with Crippen LogP contribution in [-0.2, 0) is 4.74 Å². The summed E-state index contributed by atoms with van der Waals surface area (Å²) in [4.78, 5) is 16.8. The van der Waals surface area contributed by atoms with Gasteiger partial charge in [-0.25, -0.2) is 9.78 Å². The Balaban J connectivity index is 1.98. The number of hydrogen-bond acceptors (Lipinski definition) is 4. The second kappa shape index (κ2) is 5.14. The van der Waals surface area contributed by atoms with Crippen LogP contribution in [0.25, 0.3) is 0 Å². The van der Waals surface area contributed by atoms with Crippen LogP contribution >= 0.6 is 0 Å². The maximum absolute atomic E-state index is 10.7. The standard InChI is InChI=1S/C12H16N2O3/c1-14(8-10-3-2-6-17-10)11-5-4-9(7-13-11)12(15)16/h4-5,7,10H,2-3,6,8H2,1H3,(H,15,16). The lowest BCUT2D eigenvalue weighted by Crippen LogP contribution is -2.29. The number of anilines is 1. The molecule has 5 heteroatoms. The summed E-state index contributed by atoms with van der Waals surface area (Å²) in [5, 5.41) is 8.77. The van der Waals surface area contributed by atoms with Gasteiger partial charge in [-0.05, 0) is 25.0 Å². The number of likely N-dealkylation sites (N-methyl/N-ethyl adjacent to an activating group) is 1. The van der Waals surface area contributed by atoms with Gasteiger partial charge in [-0.15, -0.1) is 0 Å². The molecule has 1 aliphatic rings. The minimum atomic E-state index is -0.953. The Morgan fingerprint density at radius 3 is 3.00 bits per heavy atom. The van der Waals surface area contributed by atoms with Gasteiger partial charge in [0.1, 0.15) is 5.82 Å². The van der Waals surface area contributed by atoms with Crippen molar-refractivity contribution in [2.45, 2.75) is 18.9 Å². The lowest BCUT2D eigenvalue weighted by atomic mass is 10.2. The first-order chi connectivity index (χ1) is 8.16. The van der Waals surface area contributed by atoms with E-state index in [1.165, 1.54) is 6.20 Å². The van der Waals surface area contributed by atoms with E-state index in [0.29, 0.717) is 0 Å². The van der Waals surface area contributed by atoms with Gasteiger partial charge in [0.05, 0.1) is 11.7 Å². The molecule has 1 fully saturated rings. The zero-order valence-electron chi connectivity index (χ0n) is 9.80. The third-order valence-electron chi connectivity index (χ3n) is 2.89. The topological polar surface area (TPSA) is 62.7 Å². The van der Waals surface area contributed by atoms with E-state index in [0.717, 1.165) is 31.8 Å². The van der Waals surface area contributed by atoms with Crippen molar-refractivity contribution in [2.24, 2.45) is 0 Å². The molecule has 0 amide bonds. The number of rotatable bonds is 4. The summed E-state index contributed by atoms with van der Waals surface area (Å²) in [7, 11) is 1.93. The van der Waals surface area contributed by atoms with Crippen molar-refractivity contribution < 1.29 is 14.6 Å². The van der Waals surface area contributed by atoms with Crippen molar-refractivity contribution in [3.05, 3.63) is 23.9 Å². The Morgan fingerprint density at radius 1 is 1.65 bits per heavy atom. The number of pyridine rings is 1. The molecule has 2 heterocycles. The first kappa shape index (κ1) is 11.9. The lowest BCUT2D eigenvalue weighted by molar-refractivity contribution is 0.0696. The molecule has 17 heavy (non-hydrogen) atoms. The lowest BCUT2D eigenvalue weighted by Gasteiger charge is -2.21. The monoisotopic (exact) mass is 236 g/mol. The van der Waals surface area contributed by atoms with Gasteiger partial charge in [0.25, 0.3) is 0 Å². The van der Waals surface area contributed by atoms with E-state index in [2.05, 4.69) is 4.98 Å². The number of carboxylic acids is 1. The minimum Gasteiger partial charge on any atom is -0.478 e. The molecule has 1 saturated heterocycles. The van der Waals surface area contributed by atoms with Crippen LogP contribution in [0.3, 0.4) is 0 Å². The van der Waals surface area contributed by atoms with E-state index in [1.54, 1.807) is 12.1 Å². The van der Waals surface area contributed by atoms with E-state index in [4.69, 9.17) is 9.84 Å². The second-order valence-corrected chi connectivity index (χ2v) is 4.23. The number of aromatic carboxylic acids is 1. The maximum atomic E-state index is 10.7. The molecule has 1 N–H and O–H groups in total. The number of hydrogen-bond donors (Lipinski definition) is 1. The van der Waals surface area contributed by atoms with Crippen LogP contribution in [-0.4, -0.2) is 42.4 Å². The molecule has 92 valence electrons. The predicted octanol–water partition coefficient (Wildman–Crippen LogP) is 1.40. The van der Waals surface area contributed by atoms with Crippen molar-refractivity contribution in [1.29, 1.82) is 0 Å². The van der Waals surface area contributed by atoms with Gasteiger partial charge in [-0.3, -0.25) is 0 Å². The highest BCUT2D eigenvalue weighted by Crippen LogP contribution is 2.16. The highest BCUT2D eigenvalue weighted by molar-refractivity contribution is 5.87. The molecule has 0 spiro atoms. The SMILES string of the molecule is CN(CC1CCCO1)c1ccc(C(=O)O)cn1. The van der Waals surface area contributed by atoms with Gasteiger partial charge in [-0.2, -0.15) is 0 Å².